The zero-order valence-corrected chi connectivity index (χ0v) is 19.6. The molecule has 3 aromatic heterocycles. The molecule has 13 heteroatoms. The van der Waals surface area contributed by atoms with Gasteiger partial charge in [-0.25, -0.2) is 14.6 Å². The summed E-state index contributed by atoms with van der Waals surface area (Å²) < 4.78 is 11.0. The van der Waals surface area contributed by atoms with Gasteiger partial charge >= 0.3 is 12.1 Å². The Bertz CT molecular complexity index is 1280. The van der Waals surface area contributed by atoms with Gasteiger partial charge in [0.05, 0.1) is 17.6 Å². The number of ether oxygens (including phenoxy) is 2. The van der Waals surface area contributed by atoms with Gasteiger partial charge in [-0.1, -0.05) is 0 Å². The summed E-state index contributed by atoms with van der Waals surface area (Å²) in [6.07, 6.45) is 2.06. The normalized spacial score (nSPS) is 11.1. The first-order valence-electron chi connectivity index (χ1n) is 10.6. The van der Waals surface area contributed by atoms with Gasteiger partial charge in [0.15, 0.2) is 11.5 Å². The number of hydrogen-bond donors (Lipinski definition) is 3. The third-order valence-corrected chi connectivity index (χ3v) is 4.36. The number of pyridine rings is 2. The molecule has 0 spiro atoms. The molecule has 184 valence electrons. The lowest BCUT2D eigenvalue weighted by Crippen LogP contribution is -2.37. The number of nitrogens with one attached hydrogen (secondary N) is 2. The Balaban J connectivity index is 1.98. The number of nitrogen functional groups attached to an aromatic ring is 1. The quantitative estimate of drug-likeness (QED) is 0.439. The highest BCUT2D eigenvalue weighted by Crippen LogP contribution is 2.26. The Kier molecular flexibility index (Phi) is 7.28. The summed E-state index contributed by atoms with van der Waals surface area (Å²) in [5, 5.41) is 9.23. The lowest BCUT2D eigenvalue weighted by atomic mass is 10.2. The number of anilines is 2. The van der Waals surface area contributed by atoms with Crippen LogP contribution in [-0.4, -0.2) is 62.4 Å². The molecule has 0 atom stereocenters. The van der Waals surface area contributed by atoms with Gasteiger partial charge < -0.3 is 25.8 Å². The molecule has 0 saturated heterocycles. The van der Waals surface area contributed by atoms with Crippen molar-refractivity contribution in [3.8, 4) is 0 Å². The molecule has 0 aliphatic carbocycles. The fraction of sp³-hybridized carbons (Fsp3) is 0.318. The summed E-state index contributed by atoms with van der Waals surface area (Å²) in [6.45, 7) is 6.30. The molecule has 0 fully saturated rings. The van der Waals surface area contributed by atoms with Gasteiger partial charge in [-0.05, 0) is 45.9 Å². The number of aromatic nitrogens is 4. The van der Waals surface area contributed by atoms with Crippen LogP contribution in [0.25, 0.3) is 11.0 Å². The topological polar surface area (TPSA) is 180 Å². The number of carbonyl (C=O) groups excluding carboxylic acids is 4. The third-order valence-electron chi connectivity index (χ3n) is 4.36. The number of amides is 2. The van der Waals surface area contributed by atoms with E-state index in [-0.39, 0.29) is 40.4 Å². The Labute approximate surface area is 200 Å². The van der Waals surface area contributed by atoms with Gasteiger partial charge in [0, 0.05) is 12.4 Å². The Morgan fingerprint density at radius 3 is 2.57 bits per heavy atom. The second kappa shape index (κ2) is 10.2. The standard InChI is InChI=1S/C22H25N7O6/c1-5-34-20(32)13-9-14-17(27-19(31)12-7-6-8-24-10-12)28-29(18(14)26-16(13)23)15(30)11-25-21(33)35-22(2,3)4/h6-10H,5,11H2,1-4H3,(H2,23,26)(H,25,33)(H,27,28,31). The highest BCUT2D eigenvalue weighted by atomic mass is 16.6. The Hall–Kier alpha value is -4.55. The van der Waals surface area contributed by atoms with E-state index in [9.17, 15) is 19.2 Å². The molecule has 3 heterocycles. The van der Waals surface area contributed by atoms with E-state index in [0.29, 0.717) is 0 Å². The van der Waals surface area contributed by atoms with Crippen LogP contribution in [0.4, 0.5) is 16.4 Å². The van der Waals surface area contributed by atoms with Gasteiger partial charge in [0.25, 0.3) is 11.8 Å². The maximum Gasteiger partial charge on any atom is 0.408 e. The van der Waals surface area contributed by atoms with Crippen LogP contribution in [0.15, 0.2) is 30.6 Å². The predicted octanol–water partition coefficient (Wildman–Crippen LogP) is 2.00. The Morgan fingerprint density at radius 1 is 1.20 bits per heavy atom. The largest absolute Gasteiger partial charge is 0.462 e. The number of carbonyl (C=O) groups is 4. The van der Waals surface area contributed by atoms with E-state index in [0.717, 1.165) is 4.68 Å². The fourth-order valence-corrected chi connectivity index (χ4v) is 2.91. The minimum Gasteiger partial charge on any atom is -0.462 e. The molecule has 0 radical (unpaired) electrons. The van der Waals surface area contributed by atoms with Gasteiger partial charge in [-0.2, -0.15) is 4.68 Å². The van der Waals surface area contributed by atoms with E-state index < -0.39 is 36.0 Å². The van der Waals surface area contributed by atoms with Crippen LogP contribution in [0, 0.1) is 0 Å². The van der Waals surface area contributed by atoms with Crippen molar-refractivity contribution in [3.05, 3.63) is 41.7 Å². The summed E-state index contributed by atoms with van der Waals surface area (Å²) in [6, 6.07) is 4.45. The van der Waals surface area contributed by atoms with Crippen LogP contribution in [-0.2, 0) is 9.47 Å². The van der Waals surface area contributed by atoms with Crippen LogP contribution in [0.3, 0.4) is 0 Å². The lowest BCUT2D eigenvalue weighted by Gasteiger charge is -2.19. The molecule has 35 heavy (non-hydrogen) atoms. The van der Waals surface area contributed by atoms with E-state index in [1.807, 2.05) is 0 Å². The van der Waals surface area contributed by atoms with Crippen molar-refractivity contribution in [2.24, 2.45) is 0 Å². The highest BCUT2D eigenvalue weighted by Gasteiger charge is 2.24. The summed E-state index contributed by atoms with van der Waals surface area (Å²) in [4.78, 5) is 57.8. The zero-order chi connectivity index (χ0) is 25.8. The number of alkyl carbamates (subject to hydrolysis) is 1. The van der Waals surface area contributed by atoms with E-state index in [2.05, 4.69) is 25.7 Å². The van der Waals surface area contributed by atoms with Gasteiger partial charge in [0.1, 0.15) is 23.5 Å². The lowest BCUT2D eigenvalue weighted by molar-refractivity contribution is 0.0510. The maximum absolute atomic E-state index is 12.9. The number of nitrogens with zero attached hydrogens (tertiary/aromatic N) is 4. The van der Waals surface area contributed by atoms with E-state index in [1.54, 1.807) is 33.8 Å². The SMILES string of the molecule is CCOC(=O)c1cc2c(NC(=O)c3cccnc3)nn(C(=O)CNC(=O)OC(C)(C)C)c2nc1N. The predicted molar refractivity (Wildman–Crippen MR) is 125 cm³/mol. The molecule has 0 aliphatic heterocycles. The summed E-state index contributed by atoms with van der Waals surface area (Å²) >= 11 is 0. The first kappa shape index (κ1) is 25.1. The highest BCUT2D eigenvalue weighted by molar-refractivity contribution is 6.10. The second-order valence-electron chi connectivity index (χ2n) is 8.22. The molecule has 4 N–H and O–H groups in total. The van der Waals surface area contributed by atoms with Crippen molar-refractivity contribution in [3.63, 3.8) is 0 Å². The van der Waals surface area contributed by atoms with Gasteiger partial charge in [-0.3, -0.25) is 14.6 Å². The molecule has 0 saturated carbocycles. The van der Waals surface area contributed by atoms with E-state index in [1.165, 1.54) is 24.5 Å². The van der Waals surface area contributed by atoms with Crippen molar-refractivity contribution in [1.29, 1.82) is 0 Å². The molecule has 0 unspecified atom stereocenters. The average Bonchev–Trinajstić information content (AvgIpc) is 3.13. The molecule has 13 nitrogen and oxygen atoms in total. The second-order valence-corrected chi connectivity index (χ2v) is 8.22. The first-order valence-corrected chi connectivity index (χ1v) is 10.6. The van der Waals surface area contributed by atoms with Crippen LogP contribution in [0.2, 0.25) is 0 Å². The number of fused-ring (bicyclic) bond motifs is 1. The number of esters is 1. The van der Waals surface area contributed by atoms with Crippen molar-refractivity contribution in [2.45, 2.75) is 33.3 Å². The summed E-state index contributed by atoms with van der Waals surface area (Å²) in [5.74, 6) is -2.24. The minimum absolute atomic E-state index is 0.0342. The van der Waals surface area contributed by atoms with Crippen LogP contribution in [0.1, 0.15) is 53.2 Å². The number of hydrogen-bond acceptors (Lipinski definition) is 10. The van der Waals surface area contributed by atoms with Gasteiger partial charge in [-0.15, -0.1) is 5.10 Å². The van der Waals surface area contributed by atoms with Crippen molar-refractivity contribution < 1.29 is 28.7 Å². The monoisotopic (exact) mass is 483 g/mol. The zero-order valence-electron chi connectivity index (χ0n) is 19.6. The third kappa shape index (κ3) is 6.07. The van der Waals surface area contributed by atoms with Crippen LogP contribution >= 0.6 is 0 Å². The molecule has 2 amide bonds. The minimum atomic E-state index is -0.801. The molecule has 0 aliphatic rings. The summed E-state index contributed by atoms with van der Waals surface area (Å²) in [7, 11) is 0. The molecule has 3 rings (SSSR count). The maximum atomic E-state index is 12.9. The van der Waals surface area contributed by atoms with Crippen LogP contribution in [0.5, 0.6) is 0 Å². The van der Waals surface area contributed by atoms with E-state index >= 15 is 0 Å². The first-order chi connectivity index (χ1) is 16.5. The number of rotatable bonds is 6. The molecule has 3 aromatic rings. The van der Waals surface area contributed by atoms with E-state index in [4.69, 9.17) is 15.2 Å². The average molecular weight is 483 g/mol. The van der Waals surface area contributed by atoms with Crippen molar-refractivity contribution in [1.82, 2.24) is 25.1 Å². The smallest absolute Gasteiger partial charge is 0.408 e. The summed E-state index contributed by atoms with van der Waals surface area (Å²) in [5.41, 5.74) is 5.32. The fourth-order valence-electron chi connectivity index (χ4n) is 2.91. The molecule has 0 aromatic carbocycles. The Morgan fingerprint density at radius 2 is 1.94 bits per heavy atom. The van der Waals surface area contributed by atoms with Crippen molar-refractivity contribution in [2.75, 3.05) is 24.2 Å². The van der Waals surface area contributed by atoms with Crippen LogP contribution < -0.4 is 16.4 Å². The van der Waals surface area contributed by atoms with Crippen molar-refractivity contribution >= 4 is 46.5 Å². The molecular weight excluding hydrogens is 458 g/mol. The van der Waals surface area contributed by atoms with Gasteiger partial charge in [0.2, 0.25) is 0 Å². The molecular formula is C22H25N7O6. The number of nitrogens with two attached hydrogens (primary N) is 1. The molecule has 0 bridgehead atoms.